The van der Waals surface area contributed by atoms with Crippen LogP contribution in [0, 0.1) is 13.8 Å². The SMILES string of the molecule is CCCNC(=O)c1ccc(NC(=O)CCC(=O)c2cc(C)ccc2C)cc1Cl. The Morgan fingerprint density at radius 2 is 1.71 bits per heavy atom. The summed E-state index contributed by atoms with van der Waals surface area (Å²) >= 11 is 6.16. The van der Waals surface area contributed by atoms with Gasteiger partial charge in [-0.1, -0.05) is 36.2 Å². The molecule has 5 nitrogen and oxygen atoms in total. The minimum absolute atomic E-state index is 0.0580. The number of Topliss-reactive ketones (excluding diaryl/α,β-unsaturated/α-hetero) is 1. The van der Waals surface area contributed by atoms with Gasteiger partial charge >= 0.3 is 0 Å². The predicted molar refractivity (Wildman–Crippen MR) is 112 cm³/mol. The van der Waals surface area contributed by atoms with Crippen LogP contribution >= 0.6 is 11.6 Å². The van der Waals surface area contributed by atoms with Crippen molar-refractivity contribution in [3.8, 4) is 0 Å². The maximum absolute atomic E-state index is 12.4. The van der Waals surface area contributed by atoms with Crippen LogP contribution in [0.2, 0.25) is 5.02 Å². The standard InChI is InChI=1S/C22H25ClN2O3/c1-4-11-24-22(28)17-8-7-16(13-19(17)23)25-21(27)10-9-20(26)18-12-14(2)5-6-15(18)3/h5-8,12-13H,4,9-11H2,1-3H3,(H,24,28)(H,25,27). The lowest BCUT2D eigenvalue weighted by molar-refractivity contribution is -0.116. The zero-order valence-electron chi connectivity index (χ0n) is 16.4. The highest BCUT2D eigenvalue weighted by atomic mass is 35.5. The topological polar surface area (TPSA) is 75.3 Å². The number of ketones is 1. The number of hydrogen-bond acceptors (Lipinski definition) is 3. The van der Waals surface area contributed by atoms with Gasteiger partial charge in [0.15, 0.2) is 5.78 Å². The molecule has 2 aromatic carbocycles. The summed E-state index contributed by atoms with van der Waals surface area (Å²) in [4.78, 5) is 36.6. The minimum atomic E-state index is -0.280. The van der Waals surface area contributed by atoms with E-state index in [4.69, 9.17) is 11.6 Å². The summed E-state index contributed by atoms with van der Waals surface area (Å²) in [5.41, 5.74) is 3.41. The molecule has 0 heterocycles. The summed E-state index contributed by atoms with van der Waals surface area (Å²) in [6.45, 7) is 6.35. The molecular formula is C22H25ClN2O3. The third kappa shape index (κ3) is 5.92. The summed E-state index contributed by atoms with van der Waals surface area (Å²) < 4.78 is 0. The number of aryl methyl sites for hydroxylation is 2. The molecular weight excluding hydrogens is 376 g/mol. The van der Waals surface area contributed by atoms with Crippen molar-refractivity contribution in [2.24, 2.45) is 0 Å². The van der Waals surface area contributed by atoms with Crippen LogP contribution in [0.25, 0.3) is 0 Å². The van der Waals surface area contributed by atoms with E-state index in [1.165, 1.54) is 6.07 Å². The highest BCUT2D eigenvalue weighted by molar-refractivity contribution is 6.34. The normalized spacial score (nSPS) is 10.4. The number of rotatable bonds is 8. The lowest BCUT2D eigenvalue weighted by atomic mass is 9.99. The Morgan fingerprint density at radius 1 is 0.964 bits per heavy atom. The van der Waals surface area contributed by atoms with Crippen molar-refractivity contribution in [2.75, 3.05) is 11.9 Å². The maximum Gasteiger partial charge on any atom is 0.252 e. The van der Waals surface area contributed by atoms with Crippen LogP contribution in [-0.2, 0) is 4.79 Å². The molecule has 0 atom stereocenters. The Hall–Kier alpha value is -2.66. The molecule has 0 fully saturated rings. The van der Waals surface area contributed by atoms with Gasteiger partial charge in [0, 0.05) is 30.6 Å². The van der Waals surface area contributed by atoms with Crippen LogP contribution < -0.4 is 10.6 Å². The monoisotopic (exact) mass is 400 g/mol. The van der Waals surface area contributed by atoms with Crippen LogP contribution in [0.4, 0.5) is 5.69 Å². The van der Waals surface area contributed by atoms with Gasteiger partial charge < -0.3 is 10.6 Å². The molecule has 6 heteroatoms. The zero-order chi connectivity index (χ0) is 20.7. The second-order valence-corrected chi connectivity index (χ2v) is 7.15. The molecule has 148 valence electrons. The lowest BCUT2D eigenvalue weighted by Crippen LogP contribution is -2.24. The average molecular weight is 401 g/mol. The van der Waals surface area contributed by atoms with Crippen molar-refractivity contribution in [2.45, 2.75) is 40.0 Å². The van der Waals surface area contributed by atoms with E-state index in [1.54, 1.807) is 12.1 Å². The van der Waals surface area contributed by atoms with Crippen LogP contribution in [0.3, 0.4) is 0 Å². The predicted octanol–water partition coefficient (Wildman–Crippen LogP) is 4.70. The summed E-state index contributed by atoms with van der Waals surface area (Å²) in [7, 11) is 0. The molecule has 28 heavy (non-hydrogen) atoms. The number of benzene rings is 2. The van der Waals surface area contributed by atoms with Gasteiger partial charge in [-0.15, -0.1) is 0 Å². The van der Waals surface area contributed by atoms with Gasteiger partial charge in [0.2, 0.25) is 5.91 Å². The quantitative estimate of drug-likeness (QED) is 0.630. The highest BCUT2D eigenvalue weighted by Gasteiger charge is 2.14. The molecule has 0 saturated heterocycles. The van der Waals surface area contributed by atoms with Crippen LogP contribution in [0.15, 0.2) is 36.4 Å². The third-order valence-electron chi connectivity index (χ3n) is 4.31. The van der Waals surface area contributed by atoms with Gasteiger partial charge in [-0.05, 0) is 50.1 Å². The molecule has 2 aromatic rings. The van der Waals surface area contributed by atoms with Crippen molar-refractivity contribution in [1.82, 2.24) is 5.32 Å². The smallest absolute Gasteiger partial charge is 0.252 e. The number of hydrogen-bond donors (Lipinski definition) is 2. The number of amides is 2. The number of anilines is 1. The molecule has 0 bridgehead atoms. The van der Waals surface area contributed by atoms with Crippen molar-refractivity contribution < 1.29 is 14.4 Å². The number of carbonyl (C=O) groups excluding carboxylic acids is 3. The molecule has 0 saturated carbocycles. The summed E-state index contributed by atoms with van der Waals surface area (Å²) in [6, 6.07) is 10.4. The molecule has 0 aliphatic rings. The fourth-order valence-electron chi connectivity index (χ4n) is 2.73. The first-order valence-electron chi connectivity index (χ1n) is 9.30. The first-order valence-corrected chi connectivity index (χ1v) is 9.67. The second-order valence-electron chi connectivity index (χ2n) is 6.74. The third-order valence-corrected chi connectivity index (χ3v) is 4.62. The summed E-state index contributed by atoms with van der Waals surface area (Å²) in [5.74, 6) is -0.584. The highest BCUT2D eigenvalue weighted by Crippen LogP contribution is 2.21. The van der Waals surface area contributed by atoms with Gasteiger partial charge in [-0.3, -0.25) is 14.4 Å². The molecule has 2 amide bonds. The second kappa shape index (κ2) is 10.0. The summed E-state index contributed by atoms with van der Waals surface area (Å²) in [5, 5.41) is 5.74. The van der Waals surface area contributed by atoms with E-state index < -0.39 is 0 Å². The van der Waals surface area contributed by atoms with Gasteiger partial charge in [-0.2, -0.15) is 0 Å². The van der Waals surface area contributed by atoms with Crippen molar-refractivity contribution >= 4 is 34.9 Å². The number of carbonyl (C=O) groups is 3. The van der Waals surface area contributed by atoms with E-state index >= 15 is 0 Å². The Bertz CT molecular complexity index is 893. The van der Waals surface area contributed by atoms with E-state index in [9.17, 15) is 14.4 Å². The molecule has 0 aliphatic carbocycles. The van der Waals surface area contributed by atoms with Gasteiger partial charge in [0.1, 0.15) is 0 Å². The van der Waals surface area contributed by atoms with Crippen LogP contribution in [0.1, 0.15) is 58.0 Å². The average Bonchev–Trinajstić information content (AvgIpc) is 2.66. The van der Waals surface area contributed by atoms with E-state index in [2.05, 4.69) is 10.6 Å². The van der Waals surface area contributed by atoms with Crippen molar-refractivity contribution in [1.29, 1.82) is 0 Å². The molecule has 0 radical (unpaired) electrons. The van der Waals surface area contributed by atoms with Gasteiger partial charge in [0.25, 0.3) is 5.91 Å². The fourth-order valence-corrected chi connectivity index (χ4v) is 3.00. The Morgan fingerprint density at radius 3 is 2.39 bits per heavy atom. The fraction of sp³-hybridized carbons (Fsp3) is 0.318. The van der Waals surface area contributed by atoms with E-state index in [0.717, 1.165) is 17.5 Å². The van der Waals surface area contributed by atoms with Crippen molar-refractivity contribution in [3.05, 3.63) is 63.7 Å². The van der Waals surface area contributed by atoms with Gasteiger partial charge in [0.05, 0.1) is 10.6 Å². The minimum Gasteiger partial charge on any atom is -0.352 e. The Balaban J connectivity index is 1.94. The van der Waals surface area contributed by atoms with Crippen molar-refractivity contribution in [3.63, 3.8) is 0 Å². The molecule has 0 aromatic heterocycles. The number of halogens is 1. The number of nitrogens with one attached hydrogen (secondary N) is 2. The van der Waals surface area contributed by atoms with E-state index in [-0.39, 0.29) is 35.5 Å². The van der Waals surface area contributed by atoms with Crippen LogP contribution in [-0.4, -0.2) is 24.1 Å². The first-order chi connectivity index (χ1) is 13.3. The van der Waals surface area contributed by atoms with E-state index in [1.807, 2.05) is 39.0 Å². The molecule has 0 spiro atoms. The Labute approximate surface area is 170 Å². The lowest BCUT2D eigenvalue weighted by Gasteiger charge is -2.10. The molecule has 0 aliphatic heterocycles. The zero-order valence-corrected chi connectivity index (χ0v) is 17.2. The molecule has 2 N–H and O–H groups in total. The maximum atomic E-state index is 12.4. The molecule has 0 unspecified atom stereocenters. The Kier molecular flexibility index (Phi) is 7.76. The van der Waals surface area contributed by atoms with Gasteiger partial charge in [-0.25, -0.2) is 0 Å². The largest absolute Gasteiger partial charge is 0.352 e. The first kappa shape index (κ1) is 21.6. The van der Waals surface area contributed by atoms with Crippen LogP contribution in [0.5, 0.6) is 0 Å². The molecule has 2 rings (SSSR count). The van der Waals surface area contributed by atoms with E-state index in [0.29, 0.717) is 23.4 Å². The summed E-state index contributed by atoms with van der Waals surface area (Å²) in [6.07, 6.45) is 1.03.